The van der Waals surface area contributed by atoms with Crippen LogP contribution in [-0.4, -0.2) is 58.4 Å². The quantitative estimate of drug-likeness (QED) is 0.501. The molecule has 11 heteroatoms. The number of imidazole rings is 1. The SMILES string of the molecule is Cc1ccc(-c2cc(N3C(=O)CN(S(=O)(=O)c4cn(C)cn4)CC3C3CCCCC3)c(C(=O)O)s2)cc1. The Hall–Kier alpha value is -3.02. The number of aryl methyl sites for hydroxylation is 2. The van der Waals surface area contributed by atoms with E-state index < -0.39 is 27.9 Å². The van der Waals surface area contributed by atoms with Gasteiger partial charge in [0.15, 0.2) is 5.03 Å². The summed E-state index contributed by atoms with van der Waals surface area (Å²) >= 11 is 1.14. The predicted octanol–water partition coefficient (Wildman–Crippen LogP) is 4.14. The second kappa shape index (κ2) is 10.0. The fourth-order valence-corrected chi connectivity index (χ4v) is 7.74. The number of piperazine rings is 1. The zero-order valence-electron chi connectivity index (χ0n) is 20.8. The number of carboxylic acid groups (broad SMARTS) is 1. The van der Waals surface area contributed by atoms with Crippen molar-refractivity contribution in [3.63, 3.8) is 0 Å². The molecule has 37 heavy (non-hydrogen) atoms. The fraction of sp³-hybridized carbons (Fsp3) is 0.423. The monoisotopic (exact) mass is 542 g/mol. The normalized spacial score (nSPS) is 19.9. The molecule has 0 bridgehead atoms. The minimum atomic E-state index is -3.98. The molecule has 1 aromatic carbocycles. The maximum atomic E-state index is 13.7. The van der Waals surface area contributed by atoms with E-state index in [-0.39, 0.29) is 28.9 Å². The lowest BCUT2D eigenvalue weighted by molar-refractivity contribution is -0.121. The summed E-state index contributed by atoms with van der Waals surface area (Å²) in [5.74, 6) is -1.45. The standard InChI is InChI=1S/C26H30N4O5S2/c1-17-8-10-19(11-9-17)22-12-20(25(36-22)26(32)33)30-21(18-6-4-3-5-7-18)13-29(15-24(30)31)37(34,35)23-14-28(2)16-27-23/h8-12,14,16,18,21H,3-7,13,15H2,1-2H3,(H,32,33). The van der Waals surface area contributed by atoms with Crippen LogP contribution >= 0.6 is 11.3 Å². The van der Waals surface area contributed by atoms with Crippen molar-refractivity contribution in [3.8, 4) is 10.4 Å². The number of aromatic carboxylic acids is 1. The summed E-state index contributed by atoms with van der Waals surface area (Å²) in [5, 5.41) is 9.98. The van der Waals surface area contributed by atoms with Crippen LogP contribution in [0.2, 0.25) is 0 Å². The number of amides is 1. The van der Waals surface area contributed by atoms with Crippen LogP contribution in [0.4, 0.5) is 5.69 Å². The first-order valence-corrected chi connectivity index (χ1v) is 14.6. The number of aromatic nitrogens is 2. The summed E-state index contributed by atoms with van der Waals surface area (Å²) in [6.07, 6.45) is 7.67. The molecule has 2 aromatic heterocycles. The molecule has 0 radical (unpaired) electrons. The highest BCUT2D eigenvalue weighted by molar-refractivity contribution is 7.89. The van der Waals surface area contributed by atoms with Crippen molar-refractivity contribution in [3.05, 3.63) is 53.3 Å². The third-order valence-electron chi connectivity index (χ3n) is 7.28. The van der Waals surface area contributed by atoms with Crippen molar-refractivity contribution in [1.29, 1.82) is 0 Å². The third kappa shape index (κ3) is 4.95. The van der Waals surface area contributed by atoms with Crippen molar-refractivity contribution in [1.82, 2.24) is 13.9 Å². The molecule has 1 N–H and O–H groups in total. The van der Waals surface area contributed by atoms with E-state index in [0.717, 1.165) is 59.4 Å². The van der Waals surface area contributed by atoms with Crippen molar-refractivity contribution < 1.29 is 23.1 Å². The number of carbonyl (C=O) groups excluding carboxylic acids is 1. The van der Waals surface area contributed by atoms with E-state index in [1.807, 2.05) is 31.2 Å². The number of anilines is 1. The molecule has 1 saturated heterocycles. The van der Waals surface area contributed by atoms with Gasteiger partial charge in [-0.2, -0.15) is 4.31 Å². The van der Waals surface area contributed by atoms with Gasteiger partial charge in [0.25, 0.3) is 10.0 Å². The van der Waals surface area contributed by atoms with E-state index >= 15 is 0 Å². The van der Waals surface area contributed by atoms with Crippen LogP contribution in [0.3, 0.4) is 0 Å². The van der Waals surface area contributed by atoms with Gasteiger partial charge in [-0.25, -0.2) is 18.2 Å². The number of carboxylic acids is 1. The predicted molar refractivity (Wildman–Crippen MR) is 141 cm³/mol. The molecular weight excluding hydrogens is 512 g/mol. The highest BCUT2D eigenvalue weighted by Crippen LogP contribution is 2.42. The largest absolute Gasteiger partial charge is 0.477 e. The molecule has 3 heterocycles. The van der Waals surface area contributed by atoms with E-state index in [4.69, 9.17) is 0 Å². The molecule has 1 aliphatic carbocycles. The molecule has 2 aliphatic rings. The first kappa shape index (κ1) is 25.6. The van der Waals surface area contributed by atoms with Crippen LogP contribution in [0.25, 0.3) is 10.4 Å². The summed E-state index contributed by atoms with van der Waals surface area (Å²) in [5.41, 5.74) is 2.32. The van der Waals surface area contributed by atoms with Gasteiger partial charge in [0.05, 0.1) is 24.6 Å². The zero-order chi connectivity index (χ0) is 26.3. The second-order valence-corrected chi connectivity index (χ2v) is 12.8. The Morgan fingerprint density at radius 1 is 1.14 bits per heavy atom. The van der Waals surface area contributed by atoms with E-state index in [0.29, 0.717) is 5.69 Å². The molecule has 2 fully saturated rings. The third-order valence-corrected chi connectivity index (χ3v) is 10.1. The molecule has 5 rings (SSSR count). The fourth-order valence-electron chi connectivity index (χ4n) is 5.37. The van der Waals surface area contributed by atoms with Crippen LogP contribution in [0.15, 0.2) is 47.9 Å². The Labute approximate surface area is 220 Å². The van der Waals surface area contributed by atoms with Gasteiger partial charge in [-0.3, -0.25) is 4.79 Å². The number of nitrogens with zero attached hydrogens (tertiary/aromatic N) is 4. The molecule has 1 unspecified atom stereocenters. The van der Waals surface area contributed by atoms with Crippen LogP contribution in [0.1, 0.15) is 47.3 Å². The molecule has 1 aliphatic heterocycles. The lowest BCUT2D eigenvalue weighted by atomic mass is 9.82. The Balaban J connectivity index is 1.56. The summed E-state index contributed by atoms with van der Waals surface area (Å²) in [6, 6.07) is 9.12. The average Bonchev–Trinajstić information content (AvgIpc) is 3.52. The van der Waals surface area contributed by atoms with Gasteiger partial charge in [0, 0.05) is 24.7 Å². The number of thiophene rings is 1. The van der Waals surface area contributed by atoms with E-state index in [2.05, 4.69) is 4.98 Å². The van der Waals surface area contributed by atoms with Crippen LogP contribution in [0.5, 0.6) is 0 Å². The lowest BCUT2D eigenvalue weighted by Gasteiger charge is -2.44. The van der Waals surface area contributed by atoms with Gasteiger partial charge >= 0.3 is 5.97 Å². The first-order chi connectivity index (χ1) is 17.6. The van der Waals surface area contributed by atoms with Crippen molar-refractivity contribution in [2.45, 2.75) is 50.1 Å². The van der Waals surface area contributed by atoms with Gasteiger partial charge in [-0.15, -0.1) is 11.3 Å². The molecule has 1 atom stereocenters. The lowest BCUT2D eigenvalue weighted by Crippen LogP contribution is -2.60. The smallest absolute Gasteiger partial charge is 0.348 e. The number of sulfonamides is 1. The maximum absolute atomic E-state index is 13.7. The Kier molecular flexibility index (Phi) is 6.95. The van der Waals surface area contributed by atoms with E-state index in [1.54, 1.807) is 22.6 Å². The van der Waals surface area contributed by atoms with Crippen LogP contribution < -0.4 is 4.90 Å². The van der Waals surface area contributed by atoms with Gasteiger partial charge in [0.1, 0.15) is 4.88 Å². The minimum Gasteiger partial charge on any atom is -0.477 e. The van der Waals surface area contributed by atoms with Gasteiger partial charge in [-0.1, -0.05) is 49.1 Å². The van der Waals surface area contributed by atoms with Crippen molar-refractivity contribution in [2.24, 2.45) is 13.0 Å². The number of benzene rings is 1. The maximum Gasteiger partial charge on any atom is 0.348 e. The molecular formula is C26H30N4O5S2. The van der Waals surface area contributed by atoms with Crippen LogP contribution in [0, 0.1) is 12.8 Å². The van der Waals surface area contributed by atoms with Gasteiger partial charge < -0.3 is 14.6 Å². The molecule has 0 spiro atoms. The Bertz CT molecular complexity index is 1420. The summed E-state index contributed by atoms with van der Waals surface area (Å²) in [7, 11) is -2.29. The number of rotatable bonds is 6. The summed E-state index contributed by atoms with van der Waals surface area (Å²) in [4.78, 5) is 32.5. The minimum absolute atomic E-state index is 0.0730. The molecule has 1 amide bonds. The zero-order valence-corrected chi connectivity index (χ0v) is 22.5. The van der Waals surface area contributed by atoms with Crippen LogP contribution in [-0.2, 0) is 21.9 Å². The molecule has 9 nitrogen and oxygen atoms in total. The highest BCUT2D eigenvalue weighted by atomic mass is 32.2. The first-order valence-electron chi connectivity index (χ1n) is 12.4. The number of hydrogen-bond donors (Lipinski definition) is 1. The van der Waals surface area contributed by atoms with E-state index in [1.165, 1.54) is 16.8 Å². The molecule has 196 valence electrons. The second-order valence-electron chi connectivity index (χ2n) is 9.90. The molecule has 3 aromatic rings. The Morgan fingerprint density at radius 2 is 1.84 bits per heavy atom. The number of hydrogen-bond acceptors (Lipinski definition) is 6. The van der Waals surface area contributed by atoms with Gasteiger partial charge in [0.2, 0.25) is 5.91 Å². The van der Waals surface area contributed by atoms with Crippen molar-refractivity contribution >= 4 is 38.9 Å². The van der Waals surface area contributed by atoms with Crippen molar-refractivity contribution in [2.75, 3.05) is 18.0 Å². The summed E-state index contributed by atoms with van der Waals surface area (Å²) in [6.45, 7) is 1.72. The highest BCUT2D eigenvalue weighted by Gasteiger charge is 2.44. The topological polar surface area (TPSA) is 113 Å². The molecule has 1 saturated carbocycles. The average molecular weight is 543 g/mol. The van der Waals surface area contributed by atoms with Gasteiger partial charge in [-0.05, 0) is 37.3 Å². The summed E-state index contributed by atoms with van der Waals surface area (Å²) < 4.78 is 29.6. The van der Waals surface area contributed by atoms with E-state index in [9.17, 15) is 23.1 Å². The Morgan fingerprint density at radius 3 is 2.46 bits per heavy atom. The number of carbonyl (C=O) groups is 2.